The van der Waals surface area contributed by atoms with Gasteiger partial charge in [0.2, 0.25) is 0 Å². The molecule has 5 nitrogen and oxygen atoms in total. The Labute approximate surface area is 159 Å². The minimum atomic E-state index is 0.0637. The van der Waals surface area contributed by atoms with Gasteiger partial charge in [0.05, 0.1) is 11.6 Å². The first-order chi connectivity index (χ1) is 12.7. The van der Waals surface area contributed by atoms with Crippen molar-refractivity contribution >= 4 is 23.3 Å². The highest BCUT2D eigenvalue weighted by Crippen LogP contribution is 2.18. The van der Waals surface area contributed by atoms with Gasteiger partial charge in [-0.3, -0.25) is 4.79 Å². The number of anilines is 1. The summed E-state index contributed by atoms with van der Waals surface area (Å²) in [5.74, 6) is 1.78. The number of aromatic nitrogens is 1. The van der Waals surface area contributed by atoms with Crippen molar-refractivity contribution in [1.82, 2.24) is 9.88 Å². The Morgan fingerprint density at radius 1 is 1.12 bits per heavy atom. The summed E-state index contributed by atoms with van der Waals surface area (Å²) in [6.07, 6.45) is 3.79. The first kappa shape index (κ1) is 18.5. The molecule has 1 aliphatic rings. The van der Waals surface area contributed by atoms with Gasteiger partial charge in [-0.1, -0.05) is 24.9 Å². The average Bonchev–Trinajstić information content (AvgIpc) is 2.69. The van der Waals surface area contributed by atoms with Gasteiger partial charge in [0, 0.05) is 37.9 Å². The second kappa shape index (κ2) is 8.90. The lowest BCUT2D eigenvalue weighted by Gasteiger charge is -2.35. The molecule has 0 radical (unpaired) electrons. The highest BCUT2D eigenvalue weighted by Gasteiger charge is 2.22. The van der Waals surface area contributed by atoms with Crippen molar-refractivity contribution in [2.45, 2.75) is 19.8 Å². The minimum Gasteiger partial charge on any atom is -0.494 e. The Kier molecular flexibility index (Phi) is 6.34. The van der Waals surface area contributed by atoms with E-state index in [0.29, 0.717) is 30.3 Å². The highest BCUT2D eigenvalue weighted by molar-refractivity contribution is 6.30. The van der Waals surface area contributed by atoms with Crippen molar-refractivity contribution in [1.29, 1.82) is 0 Å². The molecule has 0 aliphatic carbocycles. The van der Waals surface area contributed by atoms with E-state index in [2.05, 4.69) is 16.8 Å². The first-order valence-corrected chi connectivity index (χ1v) is 9.44. The Bertz CT molecular complexity index is 711. The number of pyridine rings is 1. The quantitative estimate of drug-likeness (QED) is 0.721. The van der Waals surface area contributed by atoms with E-state index in [9.17, 15) is 4.79 Å². The fourth-order valence-electron chi connectivity index (χ4n) is 2.90. The van der Waals surface area contributed by atoms with Crippen LogP contribution in [0.25, 0.3) is 0 Å². The van der Waals surface area contributed by atoms with E-state index in [-0.39, 0.29) is 5.91 Å². The van der Waals surface area contributed by atoms with Crippen molar-refractivity contribution in [2.75, 3.05) is 37.7 Å². The number of hydrogen-bond donors (Lipinski definition) is 0. The van der Waals surface area contributed by atoms with E-state index in [1.165, 1.54) is 0 Å². The summed E-state index contributed by atoms with van der Waals surface area (Å²) in [6, 6.07) is 11.2. The second-order valence-electron chi connectivity index (χ2n) is 6.34. The second-order valence-corrected chi connectivity index (χ2v) is 6.78. The summed E-state index contributed by atoms with van der Waals surface area (Å²) < 4.78 is 5.65. The van der Waals surface area contributed by atoms with Crippen LogP contribution in [0.3, 0.4) is 0 Å². The van der Waals surface area contributed by atoms with Crippen molar-refractivity contribution in [3.8, 4) is 5.75 Å². The van der Waals surface area contributed by atoms with Gasteiger partial charge in [-0.05, 0) is 42.8 Å². The molecule has 2 heterocycles. The topological polar surface area (TPSA) is 45.7 Å². The van der Waals surface area contributed by atoms with Gasteiger partial charge in [-0.25, -0.2) is 4.98 Å². The molecule has 1 saturated heterocycles. The molecule has 26 heavy (non-hydrogen) atoms. The zero-order chi connectivity index (χ0) is 18.4. The number of carbonyl (C=O) groups is 1. The SMILES string of the molecule is CCCCOc1ccc(C(=O)N2CCN(c3ccc(Cl)cn3)CC2)cc1. The molecule has 0 atom stereocenters. The molecule has 1 aromatic carbocycles. The van der Waals surface area contributed by atoms with E-state index in [1.807, 2.05) is 41.3 Å². The molecule has 3 rings (SSSR count). The third-order valence-electron chi connectivity index (χ3n) is 4.47. The van der Waals surface area contributed by atoms with Crippen molar-refractivity contribution in [3.63, 3.8) is 0 Å². The maximum Gasteiger partial charge on any atom is 0.253 e. The lowest BCUT2D eigenvalue weighted by atomic mass is 10.1. The molecule has 6 heteroatoms. The molecule has 0 unspecified atom stereocenters. The van der Waals surface area contributed by atoms with E-state index in [4.69, 9.17) is 16.3 Å². The van der Waals surface area contributed by atoms with Crippen LogP contribution >= 0.6 is 11.6 Å². The summed E-state index contributed by atoms with van der Waals surface area (Å²) in [4.78, 5) is 21.1. The van der Waals surface area contributed by atoms with Crippen LogP contribution in [0.5, 0.6) is 5.75 Å². The van der Waals surface area contributed by atoms with Crippen LogP contribution in [0.2, 0.25) is 5.02 Å². The first-order valence-electron chi connectivity index (χ1n) is 9.06. The van der Waals surface area contributed by atoms with Crippen LogP contribution < -0.4 is 9.64 Å². The number of carbonyl (C=O) groups excluding carboxylic acids is 1. The zero-order valence-electron chi connectivity index (χ0n) is 15.0. The maximum absolute atomic E-state index is 12.7. The molecule has 0 saturated carbocycles. The smallest absolute Gasteiger partial charge is 0.253 e. The van der Waals surface area contributed by atoms with E-state index >= 15 is 0 Å². The summed E-state index contributed by atoms with van der Waals surface area (Å²) >= 11 is 5.89. The number of unbranched alkanes of at least 4 members (excludes halogenated alkanes) is 1. The molecule has 1 fully saturated rings. The van der Waals surface area contributed by atoms with Gasteiger partial charge >= 0.3 is 0 Å². The lowest BCUT2D eigenvalue weighted by Crippen LogP contribution is -2.49. The minimum absolute atomic E-state index is 0.0637. The predicted octanol–water partition coefficient (Wildman–Crippen LogP) is 3.88. The number of hydrogen-bond acceptors (Lipinski definition) is 4. The van der Waals surface area contributed by atoms with Crippen molar-refractivity contribution in [2.24, 2.45) is 0 Å². The Morgan fingerprint density at radius 3 is 2.46 bits per heavy atom. The van der Waals surface area contributed by atoms with E-state index in [1.54, 1.807) is 6.20 Å². The number of ether oxygens (including phenoxy) is 1. The molecule has 138 valence electrons. The van der Waals surface area contributed by atoms with Gasteiger partial charge in [0.25, 0.3) is 5.91 Å². The fourth-order valence-corrected chi connectivity index (χ4v) is 3.02. The number of halogens is 1. The molecule has 1 aliphatic heterocycles. The van der Waals surface area contributed by atoms with Gasteiger partial charge in [-0.15, -0.1) is 0 Å². The van der Waals surface area contributed by atoms with Crippen LogP contribution in [0.15, 0.2) is 42.6 Å². The lowest BCUT2D eigenvalue weighted by molar-refractivity contribution is 0.0746. The summed E-state index contributed by atoms with van der Waals surface area (Å²) in [5, 5.41) is 0.629. The van der Waals surface area contributed by atoms with E-state index in [0.717, 1.165) is 37.5 Å². The van der Waals surface area contributed by atoms with Crippen LogP contribution in [-0.4, -0.2) is 48.6 Å². The van der Waals surface area contributed by atoms with Gasteiger partial charge in [0.1, 0.15) is 11.6 Å². The fraction of sp³-hybridized carbons (Fsp3) is 0.400. The summed E-state index contributed by atoms with van der Waals surface area (Å²) in [6.45, 7) is 5.73. The van der Waals surface area contributed by atoms with Crippen LogP contribution in [0, 0.1) is 0 Å². The molecule has 2 aromatic rings. The Morgan fingerprint density at radius 2 is 1.85 bits per heavy atom. The number of piperazine rings is 1. The number of nitrogens with zero attached hydrogens (tertiary/aromatic N) is 3. The zero-order valence-corrected chi connectivity index (χ0v) is 15.8. The van der Waals surface area contributed by atoms with Crippen molar-refractivity contribution in [3.05, 3.63) is 53.2 Å². The van der Waals surface area contributed by atoms with Crippen molar-refractivity contribution < 1.29 is 9.53 Å². The molecular weight excluding hydrogens is 350 g/mol. The monoisotopic (exact) mass is 373 g/mol. The van der Waals surface area contributed by atoms with Gasteiger partial charge in [0.15, 0.2) is 0 Å². The van der Waals surface area contributed by atoms with Crippen LogP contribution in [-0.2, 0) is 0 Å². The number of amides is 1. The highest BCUT2D eigenvalue weighted by atomic mass is 35.5. The van der Waals surface area contributed by atoms with E-state index < -0.39 is 0 Å². The maximum atomic E-state index is 12.7. The van der Waals surface area contributed by atoms with Gasteiger partial charge in [-0.2, -0.15) is 0 Å². The molecule has 1 aromatic heterocycles. The number of benzene rings is 1. The molecule has 0 bridgehead atoms. The molecule has 1 amide bonds. The van der Waals surface area contributed by atoms with Crippen LogP contribution in [0.1, 0.15) is 30.1 Å². The summed E-state index contributed by atoms with van der Waals surface area (Å²) in [7, 11) is 0. The average molecular weight is 374 g/mol. The normalized spacial score (nSPS) is 14.4. The summed E-state index contributed by atoms with van der Waals surface area (Å²) in [5.41, 5.74) is 0.700. The molecule has 0 spiro atoms. The molecule has 0 N–H and O–H groups in total. The largest absolute Gasteiger partial charge is 0.494 e. The van der Waals surface area contributed by atoms with Crippen LogP contribution in [0.4, 0.5) is 5.82 Å². The standard InChI is InChI=1S/C20H24ClN3O2/c1-2-3-14-26-18-7-4-16(5-8-18)20(25)24-12-10-23(11-13-24)19-9-6-17(21)15-22-19/h4-9,15H,2-3,10-14H2,1H3. The predicted molar refractivity (Wildman–Crippen MR) is 104 cm³/mol. The Hall–Kier alpha value is -2.27. The Balaban J connectivity index is 1.53. The number of rotatable bonds is 6. The molecular formula is C20H24ClN3O2. The third kappa shape index (κ3) is 4.67. The van der Waals surface area contributed by atoms with Gasteiger partial charge < -0.3 is 14.5 Å². The third-order valence-corrected chi connectivity index (χ3v) is 4.69.